The molecule has 100 valence electrons. The average molecular weight is 335 g/mol. The van der Waals surface area contributed by atoms with Gasteiger partial charge in [-0.05, 0) is 17.7 Å². The van der Waals surface area contributed by atoms with E-state index in [4.69, 9.17) is 5.73 Å². The molecule has 5 nitrogen and oxygen atoms in total. The van der Waals surface area contributed by atoms with Gasteiger partial charge in [0.15, 0.2) is 9.84 Å². The molecule has 0 aliphatic carbocycles. The van der Waals surface area contributed by atoms with Crippen LogP contribution < -0.4 is 5.73 Å². The molecule has 0 heterocycles. The van der Waals surface area contributed by atoms with E-state index in [1.54, 1.807) is 18.2 Å². The van der Waals surface area contributed by atoms with Crippen molar-refractivity contribution in [3.8, 4) is 0 Å². The molecule has 7 heteroatoms. The van der Waals surface area contributed by atoms with Crippen molar-refractivity contribution < 1.29 is 13.2 Å². The maximum Gasteiger partial charge on any atom is 0.237 e. The zero-order chi connectivity index (χ0) is 13.9. The highest BCUT2D eigenvalue weighted by atomic mass is 79.9. The summed E-state index contributed by atoms with van der Waals surface area (Å²) in [4.78, 5) is 12.7. The molecular weight excluding hydrogens is 320 g/mol. The number of nitrogens with two attached hydrogens (primary N) is 1. The van der Waals surface area contributed by atoms with Crippen LogP contribution in [0.15, 0.2) is 22.7 Å². The summed E-state index contributed by atoms with van der Waals surface area (Å²) in [6.45, 7) is 0. The summed E-state index contributed by atoms with van der Waals surface area (Å²) in [5.41, 5.74) is 6.71. The van der Waals surface area contributed by atoms with Crippen LogP contribution >= 0.6 is 15.9 Å². The van der Waals surface area contributed by atoms with Crippen molar-refractivity contribution in [1.82, 2.24) is 4.90 Å². The number of hydrogen-bond acceptors (Lipinski definition) is 4. The number of rotatable bonds is 4. The van der Waals surface area contributed by atoms with Gasteiger partial charge < -0.3 is 10.6 Å². The monoisotopic (exact) mass is 334 g/mol. The maximum absolute atomic E-state index is 11.9. The van der Waals surface area contributed by atoms with E-state index in [-0.39, 0.29) is 5.75 Å². The smallest absolute Gasteiger partial charge is 0.237 e. The van der Waals surface area contributed by atoms with E-state index >= 15 is 0 Å². The second kappa shape index (κ2) is 5.71. The topological polar surface area (TPSA) is 80.5 Å². The van der Waals surface area contributed by atoms with E-state index in [0.717, 1.165) is 0 Å². The lowest BCUT2D eigenvalue weighted by Crippen LogP contribution is -2.29. The molecule has 0 atom stereocenters. The number of benzene rings is 1. The van der Waals surface area contributed by atoms with Gasteiger partial charge in [0, 0.05) is 24.3 Å². The second-order valence-electron chi connectivity index (χ2n) is 4.17. The molecule has 1 aromatic carbocycles. The predicted octanol–water partition coefficient (Wildman–Crippen LogP) is 1.03. The largest absolute Gasteiger partial charge is 0.399 e. The number of nitrogen functional groups attached to an aromatic ring is 1. The molecule has 0 saturated heterocycles. The first-order valence-corrected chi connectivity index (χ1v) is 7.77. The molecular formula is C11H15BrN2O3S. The predicted molar refractivity (Wildman–Crippen MR) is 74.7 cm³/mol. The summed E-state index contributed by atoms with van der Waals surface area (Å²) < 4.78 is 24.3. The minimum atomic E-state index is -3.48. The van der Waals surface area contributed by atoms with Gasteiger partial charge in [0.25, 0.3) is 0 Å². The summed E-state index contributed by atoms with van der Waals surface area (Å²) in [5, 5.41) is 0. The summed E-state index contributed by atoms with van der Waals surface area (Å²) in [7, 11) is -0.427. The van der Waals surface area contributed by atoms with Gasteiger partial charge in [0.2, 0.25) is 5.91 Å². The van der Waals surface area contributed by atoms with Crippen molar-refractivity contribution in [3.63, 3.8) is 0 Å². The van der Waals surface area contributed by atoms with Crippen molar-refractivity contribution in [2.45, 2.75) is 5.75 Å². The Labute approximate surface area is 115 Å². The van der Waals surface area contributed by atoms with Crippen LogP contribution in [0.2, 0.25) is 0 Å². The summed E-state index contributed by atoms with van der Waals surface area (Å²) in [5.74, 6) is -1.11. The molecule has 0 saturated carbocycles. The number of carbonyl (C=O) groups is 1. The van der Waals surface area contributed by atoms with Gasteiger partial charge in [-0.25, -0.2) is 8.42 Å². The first-order chi connectivity index (χ1) is 8.21. The highest BCUT2D eigenvalue weighted by molar-refractivity contribution is 9.10. The highest BCUT2D eigenvalue weighted by Gasteiger charge is 2.19. The Morgan fingerprint density at radius 3 is 2.50 bits per heavy atom. The lowest BCUT2D eigenvalue weighted by molar-refractivity contribution is -0.125. The molecule has 0 aromatic heterocycles. The van der Waals surface area contributed by atoms with Gasteiger partial charge in [0.05, 0.1) is 5.75 Å². The Kier molecular flexibility index (Phi) is 4.75. The molecule has 0 bridgehead atoms. The van der Waals surface area contributed by atoms with Crippen LogP contribution in [-0.4, -0.2) is 39.1 Å². The molecule has 0 fully saturated rings. The van der Waals surface area contributed by atoms with E-state index < -0.39 is 21.5 Å². The Hall–Kier alpha value is -1.08. The number of halogens is 1. The number of nitrogens with zero attached hydrogens (tertiary/aromatic N) is 1. The van der Waals surface area contributed by atoms with Crippen LogP contribution in [-0.2, 0) is 20.4 Å². The quantitative estimate of drug-likeness (QED) is 0.834. The SMILES string of the molecule is CN(C)C(=O)CS(=O)(=O)Cc1ccc(N)cc1Br. The Bertz CT molecular complexity index is 555. The van der Waals surface area contributed by atoms with Crippen LogP contribution in [0.1, 0.15) is 5.56 Å². The average Bonchev–Trinajstić information content (AvgIpc) is 2.21. The third-order valence-electron chi connectivity index (χ3n) is 2.29. The first-order valence-electron chi connectivity index (χ1n) is 5.16. The Morgan fingerprint density at radius 1 is 1.39 bits per heavy atom. The van der Waals surface area contributed by atoms with Crippen LogP contribution in [0.5, 0.6) is 0 Å². The van der Waals surface area contributed by atoms with Gasteiger partial charge >= 0.3 is 0 Å². The molecule has 0 aliphatic heterocycles. The third kappa shape index (κ3) is 4.30. The molecule has 0 spiro atoms. The summed E-state index contributed by atoms with van der Waals surface area (Å²) in [6.07, 6.45) is 0. The minimum absolute atomic E-state index is 0.187. The number of sulfone groups is 1. The zero-order valence-corrected chi connectivity index (χ0v) is 12.6. The molecule has 2 N–H and O–H groups in total. The number of hydrogen-bond donors (Lipinski definition) is 1. The fraction of sp³-hybridized carbons (Fsp3) is 0.364. The lowest BCUT2D eigenvalue weighted by Gasteiger charge is -2.11. The molecule has 1 aromatic rings. The number of carbonyl (C=O) groups excluding carboxylic acids is 1. The molecule has 0 aliphatic rings. The van der Waals surface area contributed by atoms with Gasteiger partial charge in [-0.1, -0.05) is 22.0 Å². The standard InChI is InChI=1S/C11H15BrN2O3S/c1-14(2)11(15)7-18(16,17)6-8-3-4-9(13)5-10(8)12/h3-5H,6-7,13H2,1-2H3. The second-order valence-corrected chi connectivity index (χ2v) is 7.09. The van der Waals surface area contributed by atoms with Crippen LogP contribution in [0.3, 0.4) is 0 Å². The molecule has 1 rings (SSSR count). The van der Waals surface area contributed by atoms with E-state index in [2.05, 4.69) is 15.9 Å². The van der Waals surface area contributed by atoms with Gasteiger partial charge in [-0.2, -0.15) is 0 Å². The maximum atomic E-state index is 11.9. The first kappa shape index (κ1) is 15.0. The van der Waals surface area contributed by atoms with E-state index in [1.165, 1.54) is 19.0 Å². The van der Waals surface area contributed by atoms with E-state index in [0.29, 0.717) is 15.7 Å². The van der Waals surface area contributed by atoms with Crippen LogP contribution in [0, 0.1) is 0 Å². The molecule has 18 heavy (non-hydrogen) atoms. The molecule has 1 amide bonds. The fourth-order valence-corrected chi connectivity index (χ4v) is 3.47. The lowest BCUT2D eigenvalue weighted by atomic mass is 10.2. The van der Waals surface area contributed by atoms with Crippen molar-refractivity contribution in [3.05, 3.63) is 28.2 Å². The normalized spacial score (nSPS) is 11.3. The highest BCUT2D eigenvalue weighted by Crippen LogP contribution is 2.22. The van der Waals surface area contributed by atoms with Gasteiger partial charge in [-0.3, -0.25) is 4.79 Å². The molecule has 0 unspecified atom stereocenters. The number of anilines is 1. The zero-order valence-electron chi connectivity index (χ0n) is 10.2. The number of amides is 1. The van der Waals surface area contributed by atoms with Crippen LogP contribution in [0.25, 0.3) is 0 Å². The van der Waals surface area contributed by atoms with E-state index in [9.17, 15) is 13.2 Å². The van der Waals surface area contributed by atoms with Crippen molar-refractivity contribution >= 4 is 37.4 Å². The van der Waals surface area contributed by atoms with E-state index in [1.807, 2.05) is 0 Å². The fourth-order valence-electron chi connectivity index (χ4n) is 1.29. The van der Waals surface area contributed by atoms with Gasteiger partial charge in [-0.15, -0.1) is 0 Å². The molecule has 0 radical (unpaired) electrons. The Morgan fingerprint density at radius 2 is 2.00 bits per heavy atom. The van der Waals surface area contributed by atoms with Gasteiger partial charge in [0.1, 0.15) is 5.75 Å². The summed E-state index contributed by atoms with van der Waals surface area (Å²) >= 11 is 3.26. The van der Waals surface area contributed by atoms with Crippen molar-refractivity contribution in [2.24, 2.45) is 0 Å². The summed E-state index contributed by atoms with van der Waals surface area (Å²) in [6, 6.07) is 4.90. The van der Waals surface area contributed by atoms with Crippen molar-refractivity contribution in [1.29, 1.82) is 0 Å². The third-order valence-corrected chi connectivity index (χ3v) is 4.47. The van der Waals surface area contributed by atoms with Crippen LogP contribution in [0.4, 0.5) is 5.69 Å². The Balaban J connectivity index is 2.86. The van der Waals surface area contributed by atoms with Crippen molar-refractivity contribution in [2.75, 3.05) is 25.6 Å². The minimum Gasteiger partial charge on any atom is -0.399 e.